The first-order valence-corrected chi connectivity index (χ1v) is 9.71. The lowest BCUT2D eigenvalue weighted by molar-refractivity contribution is -0.120. The predicted molar refractivity (Wildman–Crippen MR) is 108 cm³/mol. The lowest BCUT2D eigenvalue weighted by atomic mass is 10.1. The van der Waals surface area contributed by atoms with Gasteiger partial charge in [-0.1, -0.05) is 47.5 Å². The van der Waals surface area contributed by atoms with Crippen LogP contribution in [0.15, 0.2) is 48.5 Å². The van der Waals surface area contributed by atoms with Crippen molar-refractivity contribution in [3.05, 3.63) is 70.8 Å². The fourth-order valence-corrected chi connectivity index (χ4v) is 3.69. The van der Waals surface area contributed by atoms with Crippen LogP contribution in [0.1, 0.15) is 27.0 Å². The average Bonchev–Trinajstić information content (AvgIpc) is 2.65. The molecule has 2 N–H and O–H groups in total. The molecule has 0 heterocycles. The molecule has 2 amide bonds. The molecule has 0 radical (unpaired) electrons. The topological polar surface area (TPSA) is 82.0 Å². The van der Waals surface area contributed by atoms with Gasteiger partial charge in [0.25, 0.3) is 5.91 Å². The minimum Gasteiger partial charge on any atom is -0.350 e. The van der Waals surface area contributed by atoms with Crippen LogP contribution < -0.4 is 10.6 Å². The quantitative estimate of drug-likeness (QED) is 0.689. The molecular weight excluding hydrogens is 358 g/mol. The van der Waals surface area contributed by atoms with Crippen molar-refractivity contribution in [1.29, 1.82) is 5.26 Å². The average molecular weight is 382 g/mol. The molecule has 0 aromatic heterocycles. The number of benzene rings is 2. The van der Waals surface area contributed by atoms with E-state index in [1.54, 1.807) is 24.3 Å². The summed E-state index contributed by atoms with van der Waals surface area (Å²) in [7, 11) is 0. The van der Waals surface area contributed by atoms with Crippen LogP contribution >= 0.6 is 11.8 Å². The van der Waals surface area contributed by atoms with E-state index in [1.807, 2.05) is 26.0 Å². The van der Waals surface area contributed by atoms with E-state index in [4.69, 9.17) is 5.26 Å². The van der Waals surface area contributed by atoms with E-state index in [-0.39, 0.29) is 24.9 Å². The monoisotopic (exact) mass is 381 g/mol. The van der Waals surface area contributed by atoms with Gasteiger partial charge in [0, 0.05) is 17.9 Å². The van der Waals surface area contributed by atoms with Gasteiger partial charge in [-0.25, -0.2) is 0 Å². The first-order chi connectivity index (χ1) is 13.0. The molecule has 5 nitrogen and oxygen atoms in total. The molecule has 0 spiro atoms. The Labute approximate surface area is 164 Å². The summed E-state index contributed by atoms with van der Waals surface area (Å²) in [4.78, 5) is 24.6. The summed E-state index contributed by atoms with van der Waals surface area (Å²) in [6.07, 6.45) is 0. The molecule has 27 heavy (non-hydrogen) atoms. The lowest BCUT2D eigenvalue weighted by Crippen LogP contribution is -2.41. The second-order valence-corrected chi connectivity index (χ2v) is 7.44. The fourth-order valence-electron chi connectivity index (χ4n) is 2.69. The number of hydrogen-bond acceptors (Lipinski definition) is 4. The molecule has 6 heteroatoms. The number of carbonyl (C=O) groups excluding carboxylic acids is 2. The Kier molecular flexibility index (Phi) is 7.90. The van der Waals surface area contributed by atoms with Crippen LogP contribution in [0.5, 0.6) is 0 Å². The van der Waals surface area contributed by atoms with Gasteiger partial charge in [0.2, 0.25) is 5.91 Å². The van der Waals surface area contributed by atoms with Gasteiger partial charge in [-0.2, -0.15) is 5.26 Å². The second kappa shape index (κ2) is 10.4. The summed E-state index contributed by atoms with van der Waals surface area (Å²) in [6, 6.07) is 17.1. The number of thioether (sulfide) groups is 1. The number of nitriles is 1. The first kappa shape index (κ1) is 20.5. The minimum atomic E-state index is -0.480. The van der Waals surface area contributed by atoms with Crippen LogP contribution in [0, 0.1) is 25.2 Å². The Balaban J connectivity index is 2.01. The maximum Gasteiger partial charge on any atom is 0.251 e. The van der Waals surface area contributed by atoms with Gasteiger partial charge in [-0.3, -0.25) is 9.59 Å². The molecule has 0 aliphatic carbocycles. The number of amides is 2. The molecule has 0 bridgehead atoms. The smallest absolute Gasteiger partial charge is 0.251 e. The van der Waals surface area contributed by atoms with Gasteiger partial charge in [0.15, 0.2) is 0 Å². The highest BCUT2D eigenvalue weighted by Gasteiger charge is 2.20. The molecule has 2 aromatic carbocycles. The summed E-state index contributed by atoms with van der Waals surface area (Å²) in [5.74, 6) is 0.175. The zero-order valence-corrected chi connectivity index (χ0v) is 16.3. The molecule has 1 atom stereocenters. The molecular formula is C21H23N3O2S. The minimum absolute atomic E-state index is 0.0495. The summed E-state index contributed by atoms with van der Waals surface area (Å²) in [5.41, 5.74) is 4.03. The summed E-state index contributed by atoms with van der Waals surface area (Å²) in [6.45, 7) is 4.23. The van der Waals surface area contributed by atoms with Crippen LogP contribution in [0.4, 0.5) is 0 Å². The van der Waals surface area contributed by atoms with Gasteiger partial charge in [-0.05, 0) is 31.5 Å². The lowest BCUT2D eigenvalue weighted by Gasteiger charge is -2.17. The van der Waals surface area contributed by atoms with E-state index in [0.29, 0.717) is 11.3 Å². The number of nitrogens with one attached hydrogen (secondary N) is 2. The highest BCUT2D eigenvalue weighted by Crippen LogP contribution is 2.20. The van der Waals surface area contributed by atoms with Gasteiger partial charge in [-0.15, -0.1) is 11.8 Å². The predicted octanol–water partition coefficient (Wildman–Crippen LogP) is 2.98. The maximum atomic E-state index is 12.4. The molecule has 2 aromatic rings. The number of nitrogens with zero attached hydrogens (tertiary/aromatic N) is 1. The molecule has 0 aliphatic heterocycles. The van der Waals surface area contributed by atoms with Gasteiger partial charge < -0.3 is 10.6 Å². The van der Waals surface area contributed by atoms with E-state index >= 15 is 0 Å². The van der Waals surface area contributed by atoms with E-state index in [0.717, 1.165) is 5.56 Å². The number of rotatable bonds is 8. The fraction of sp³-hybridized carbons (Fsp3) is 0.286. The van der Waals surface area contributed by atoms with Gasteiger partial charge >= 0.3 is 0 Å². The molecule has 0 fully saturated rings. The van der Waals surface area contributed by atoms with Crippen molar-refractivity contribution in [3.63, 3.8) is 0 Å². The highest BCUT2D eigenvalue weighted by molar-refractivity contribution is 7.99. The third kappa shape index (κ3) is 6.80. The van der Waals surface area contributed by atoms with Crippen molar-refractivity contribution in [2.45, 2.75) is 24.9 Å². The Morgan fingerprint density at radius 1 is 1.07 bits per heavy atom. The molecule has 140 valence electrons. The van der Waals surface area contributed by atoms with Crippen LogP contribution in [-0.2, 0) is 10.5 Å². The van der Waals surface area contributed by atoms with Gasteiger partial charge in [0.1, 0.15) is 11.8 Å². The number of carbonyl (C=O) groups is 2. The summed E-state index contributed by atoms with van der Waals surface area (Å²) < 4.78 is 0. The second-order valence-electron chi connectivity index (χ2n) is 6.25. The Morgan fingerprint density at radius 2 is 1.74 bits per heavy atom. The molecule has 0 aliphatic rings. The first-order valence-electron chi connectivity index (χ1n) is 8.66. The molecule has 2 rings (SSSR count). The van der Waals surface area contributed by atoms with Crippen molar-refractivity contribution in [1.82, 2.24) is 10.6 Å². The Bertz CT molecular complexity index is 811. The van der Waals surface area contributed by atoms with E-state index in [2.05, 4.69) is 28.8 Å². The summed E-state index contributed by atoms with van der Waals surface area (Å²) in [5, 5.41) is 13.6. The van der Waals surface area contributed by atoms with Crippen LogP contribution in [0.25, 0.3) is 0 Å². The standard InChI is InChI=1S/C21H23N3O2S/c1-15-10-16(2)12-17(11-15)14-27-19(21(26)23-9-8-22)13-24-20(25)18-6-4-3-5-7-18/h3-7,10-12,19H,9,13-14H2,1-2H3,(H,23,26)(H,24,25). The molecule has 0 saturated heterocycles. The largest absolute Gasteiger partial charge is 0.350 e. The van der Waals surface area contributed by atoms with Crippen LogP contribution in [-0.4, -0.2) is 30.2 Å². The molecule has 1 unspecified atom stereocenters. The maximum absolute atomic E-state index is 12.4. The van der Waals surface area contributed by atoms with Gasteiger partial charge in [0.05, 0.1) is 6.07 Å². The van der Waals surface area contributed by atoms with E-state index < -0.39 is 5.25 Å². The normalized spacial score (nSPS) is 11.3. The summed E-state index contributed by atoms with van der Waals surface area (Å²) >= 11 is 1.45. The highest BCUT2D eigenvalue weighted by atomic mass is 32.2. The van der Waals surface area contributed by atoms with Crippen LogP contribution in [0.2, 0.25) is 0 Å². The zero-order valence-electron chi connectivity index (χ0n) is 15.5. The van der Waals surface area contributed by atoms with Crippen molar-refractivity contribution in [2.24, 2.45) is 0 Å². The van der Waals surface area contributed by atoms with Crippen molar-refractivity contribution >= 4 is 23.6 Å². The van der Waals surface area contributed by atoms with Crippen molar-refractivity contribution in [3.8, 4) is 6.07 Å². The Hall–Kier alpha value is -2.78. The third-order valence-electron chi connectivity index (χ3n) is 3.85. The van der Waals surface area contributed by atoms with Crippen molar-refractivity contribution in [2.75, 3.05) is 13.1 Å². The molecule has 0 saturated carbocycles. The SMILES string of the molecule is Cc1cc(C)cc(CSC(CNC(=O)c2ccccc2)C(=O)NCC#N)c1. The Morgan fingerprint density at radius 3 is 2.37 bits per heavy atom. The number of aryl methyl sites for hydroxylation is 2. The van der Waals surface area contributed by atoms with E-state index in [1.165, 1.54) is 22.9 Å². The van der Waals surface area contributed by atoms with Crippen LogP contribution in [0.3, 0.4) is 0 Å². The van der Waals surface area contributed by atoms with E-state index in [9.17, 15) is 9.59 Å². The third-order valence-corrected chi connectivity index (χ3v) is 5.13. The van der Waals surface area contributed by atoms with Crippen molar-refractivity contribution < 1.29 is 9.59 Å². The zero-order chi connectivity index (χ0) is 19.6. The number of hydrogen-bond donors (Lipinski definition) is 2.